The lowest BCUT2D eigenvalue weighted by Crippen LogP contribution is -2.71. The van der Waals surface area contributed by atoms with Crippen LogP contribution < -0.4 is 15.5 Å². The van der Waals surface area contributed by atoms with E-state index in [1.807, 2.05) is 42.5 Å². The van der Waals surface area contributed by atoms with Crippen LogP contribution in [0.1, 0.15) is 57.4 Å². The van der Waals surface area contributed by atoms with Gasteiger partial charge in [-0.05, 0) is 61.4 Å². The standard InChI is InChI=1S/C29H39N5O3/c1-4-11-24(21-12-7-5-8-13-21)32-29(37)34-26(28(36)33(3)22-14-9-6-10-15-22)23(27(34)35)18-20-16-17-31-25(19-20)30-2/h6,9-10,14-17,19,21,23-24,26H,4-5,7-8,11-13,18H2,1-3H3,(H,30,31)(H,32,37)/t23-,24-,26+/m1/s1. The summed E-state index contributed by atoms with van der Waals surface area (Å²) >= 11 is 0. The summed E-state index contributed by atoms with van der Waals surface area (Å²) in [5, 5.41) is 6.17. The molecule has 3 atom stereocenters. The van der Waals surface area contributed by atoms with Crippen molar-refractivity contribution in [2.45, 2.75) is 70.4 Å². The van der Waals surface area contributed by atoms with E-state index in [1.54, 1.807) is 25.2 Å². The van der Waals surface area contributed by atoms with Gasteiger partial charge in [0.1, 0.15) is 11.9 Å². The first kappa shape index (κ1) is 26.6. The van der Waals surface area contributed by atoms with Crippen molar-refractivity contribution >= 4 is 29.4 Å². The Morgan fingerprint density at radius 3 is 2.54 bits per heavy atom. The molecule has 2 fully saturated rings. The van der Waals surface area contributed by atoms with Crippen molar-refractivity contribution < 1.29 is 14.4 Å². The van der Waals surface area contributed by atoms with Crippen molar-refractivity contribution in [1.29, 1.82) is 0 Å². The van der Waals surface area contributed by atoms with Crippen LogP contribution in [-0.2, 0) is 16.0 Å². The minimum absolute atomic E-state index is 0.0191. The van der Waals surface area contributed by atoms with Crippen LogP contribution in [0.4, 0.5) is 16.3 Å². The molecule has 37 heavy (non-hydrogen) atoms. The molecular formula is C29H39N5O3. The second-order valence-corrected chi connectivity index (χ2v) is 10.2. The number of likely N-dealkylation sites (N-methyl/N-ethyl adjacent to an activating group) is 1. The zero-order chi connectivity index (χ0) is 26.4. The molecule has 0 radical (unpaired) electrons. The van der Waals surface area contributed by atoms with Crippen LogP contribution in [0.2, 0.25) is 0 Å². The molecule has 8 nitrogen and oxygen atoms in total. The molecule has 2 N–H and O–H groups in total. The van der Waals surface area contributed by atoms with E-state index in [4.69, 9.17) is 0 Å². The summed E-state index contributed by atoms with van der Waals surface area (Å²) in [6, 6.07) is 11.7. The third-order valence-corrected chi connectivity index (χ3v) is 7.82. The van der Waals surface area contributed by atoms with Gasteiger partial charge in [0.15, 0.2) is 0 Å². The van der Waals surface area contributed by atoms with Crippen molar-refractivity contribution in [3.63, 3.8) is 0 Å². The largest absolute Gasteiger partial charge is 0.373 e. The Morgan fingerprint density at radius 1 is 1.14 bits per heavy atom. The quantitative estimate of drug-likeness (QED) is 0.485. The number of urea groups is 1. The first-order valence-corrected chi connectivity index (χ1v) is 13.5. The normalized spacial score (nSPS) is 20.6. The number of β-lactam (4-membered cyclic amide) rings is 1. The number of hydrogen-bond donors (Lipinski definition) is 2. The Balaban J connectivity index is 1.57. The number of aromatic nitrogens is 1. The molecule has 0 bridgehead atoms. The topological polar surface area (TPSA) is 94.6 Å². The van der Waals surface area contributed by atoms with Crippen LogP contribution in [0.3, 0.4) is 0 Å². The number of carbonyl (C=O) groups is 3. The molecule has 2 aromatic rings. The first-order chi connectivity index (χ1) is 17.9. The molecular weight excluding hydrogens is 466 g/mol. The van der Waals surface area contributed by atoms with Crippen LogP contribution in [0.25, 0.3) is 0 Å². The maximum absolute atomic E-state index is 13.8. The van der Waals surface area contributed by atoms with Crippen molar-refractivity contribution in [3.05, 3.63) is 54.2 Å². The molecule has 0 unspecified atom stereocenters. The van der Waals surface area contributed by atoms with Crippen LogP contribution in [0.5, 0.6) is 0 Å². The van der Waals surface area contributed by atoms with Gasteiger partial charge >= 0.3 is 6.03 Å². The summed E-state index contributed by atoms with van der Waals surface area (Å²) in [5.74, 6) is -0.0748. The van der Waals surface area contributed by atoms with E-state index in [9.17, 15) is 14.4 Å². The minimum atomic E-state index is -0.863. The lowest BCUT2D eigenvalue weighted by molar-refractivity contribution is -0.156. The zero-order valence-electron chi connectivity index (χ0n) is 22.2. The number of hydrogen-bond acceptors (Lipinski definition) is 5. The highest BCUT2D eigenvalue weighted by Crippen LogP contribution is 2.34. The van der Waals surface area contributed by atoms with Crippen LogP contribution in [-0.4, -0.2) is 53.9 Å². The van der Waals surface area contributed by atoms with E-state index in [0.29, 0.717) is 18.2 Å². The van der Waals surface area contributed by atoms with Crippen molar-refractivity contribution in [2.75, 3.05) is 24.3 Å². The molecule has 1 saturated carbocycles. The molecule has 8 heteroatoms. The highest BCUT2D eigenvalue weighted by atomic mass is 16.2. The van der Waals surface area contributed by atoms with Crippen LogP contribution in [0, 0.1) is 11.8 Å². The van der Waals surface area contributed by atoms with Gasteiger partial charge in [-0.25, -0.2) is 9.78 Å². The number of pyridine rings is 1. The first-order valence-electron chi connectivity index (χ1n) is 13.5. The summed E-state index contributed by atoms with van der Waals surface area (Å²) < 4.78 is 0. The second-order valence-electron chi connectivity index (χ2n) is 10.2. The molecule has 2 heterocycles. The summed E-state index contributed by atoms with van der Waals surface area (Å²) in [4.78, 5) is 47.7. The van der Waals surface area contributed by atoms with Crippen molar-refractivity contribution in [2.24, 2.45) is 11.8 Å². The molecule has 1 aromatic heterocycles. The predicted molar refractivity (Wildman–Crippen MR) is 145 cm³/mol. The average molecular weight is 506 g/mol. The number of amides is 4. The Hall–Kier alpha value is -3.42. The zero-order valence-corrected chi connectivity index (χ0v) is 22.2. The maximum Gasteiger partial charge on any atom is 0.325 e. The number of nitrogens with one attached hydrogen (secondary N) is 2. The van der Waals surface area contributed by atoms with Gasteiger partial charge in [0.05, 0.1) is 5.92 Å². The molecule has 0 spiro atoms. The summed E-state index contributed by atoms with van der Waals surface area (Å²) in [6.07, 6.45) is 9.64. The lowest BCUT2D eigenvalue weighted by atomic mass is 9.81. The molecule has 198 valence electrons. The van der Waals surface area contributed by atoms with Gasteiger partial charge in [-0.1, -0.05) is 50.8 Å². The van der Waals surface area contributed by atoms with Crippen molar-refractivity contribution in [1.82, 2.24) is 15.2 Å². The minimum Gasteiger partial charge on any atom is -0.373 e. The number of imide groups is 1. The second kappa shape index (κ2) is 12.2. The fourth-order valence-corrected chi connectivity index (χ4v) is 5.73. The summed E-state index contributed by atoms with van der Waals surface area (Å²) in [6.45, 7) is 2.11. The lowest BCUT2D eigenvalue weighted by Gasteiger charge is -2.46. The molecule has 4 amide bonds. The summed E-state index contributed by atoms with van der Waals surface area (Å²) in [7, 11) is 3.48. The third kappa shape index (κ3) is 5.95. The Bertz CT molecular complexity index is 1090. The van der Waals surface area contributed by atoms with E-state index in [2.05, 4.69) is 22.5 Å². The van der Waals surface area contributed by atoms with Gasteiger partial charge in [0.25, 0.3) is 5.91 Å². The number of anilines is 2. The number of benzene rings is 1. The van der Waals surface area contributed by atoms with Gasteiger partial charge in [0.2, 0.25) is 5.91 Å². The summed E-state index contributed by atoms with van der Waals surface area (Å²) in [5.41, 5.74) is 1.61. The molecule has 2 aliphatic rings. The molecule has 1 aliphatic heterocycles. The number of nitrogens with zero attached hydrogens (tertiary/aromatic N) is 3. The van der Waals surface area contributed by atoms with E-state index >= 15 is 0 Å². The Kier molecular flexibility index (Phi) is 8.79. The van der Waals surface area contributed by atoms with E-state index in [-0.39, 0.29) is 17.9 Å². The van der Waals surface area contributed by atoms with Gasteiger partial charge in [-0.15, -0.1) is 0 Å². The highest BCUT2D eigenvalue weighted by molar-refractivity contribution is 6.12. The van der Waals surface area contributed by atoms with Crippen LogP contribution in [0.15, 0.2) is 48.7 Å². The molecule has 1 saturated heterocycles. The van der Waals surface area contributed by atoms with E-state index < -0.39 is 18.0 Å². The third-order valence-electron chi connectivity index (χ3n) is 7.82. The monoisotopic (exact) mass is 505 g/mol. The predicted octanol–water partition coefficient (Wildman–Crippen LogP) is 4.61. The van der Waals surface area contributed by atoms with Crippen molar-refractivity contribution in [3.8, 4) is 0 Å². The van der Waals surface area contributed by atoms with E-state index in [1.165, 1.54) is 19.3 Å². The van der Waals surface area contributed by atoms with Gasteiger partial charge in [-0.3, -0.25) is 14.5 Å². The van der Waals surface area contributed by atoms with Gasteiger partial charge in [0, 0.05) is 32.0 Å². The Morgan fingerprint density at radius 2 is 1.86 bits per heavy atom. The molecule has 1 aromatic carbocycles. The average Bonchev–Trinajstić information content (AvgIpc) is 2.94. The number of para-hydroxylation sites is 1. The SMILES string of the molecule is CCC[C@@H](NC(=O)N1C(=O)[C@H](Cc2ccnc(NC)c2)[C@H]1C(=O)N(C)c1ccccc1)C1CCCCC1. The number of rotatable bonds is 9. The fourth-order valence-electron chi connectivity index (χ4n) is 5.73. The fraction of sp³-hybridized carbons (Fsp3) is 0.517. The van der Waals surface area contributed by atoms with Crippen LogP contribution >= 0.6 is 0 Å². The molecule has 4 rings (SSSR count). The smallest absolute Gasteiger partial charge is 0.325 e. The van der Waals surface area contributed by atoms with Gasteiger partial charge < -0.3 is 15.5 Å². The maximum atomic E-state index is 13.8. The van der Waals surface area contributed by atoms with E-state index in [0.717, 1.165) is 41.8 Å². The number of carbonyl (C=O) groups excluding carboxylic acids is 3. The van der Waals surface area contributed by atoms with Gasteiger partial charge in [-0.2, -0.15) is 0 Å². The number of likely N-dealkylation sites (tertiary alicyclic amines) is 1. The Labute approximate surface area is 219 Å². The highest BCUT2D eigenvalue weighted by Gasteiger charge is 2.55. The molecule has 1 aliphatic carbocycles.